The summed E-state index contributed by atoms with van der Waals surface area (Å²) in [6, 6.07) is 3.24. The Morgan fingerprint density at radius 3 is 2.25 bits per heavy atom. The molecule has 1 aromatic rings. The van der Waals surface area contributed by atoms with E-state index in [4.69, 9.17) is 10.00 Å². The van der Waals surface area contributed by atoms with Crippen molar-refractivity contribution in [2.75, 3.05) is 0 Å². The Labute approximate surface area is 113 Å². The number of nitriles is 1. The first-order valence-electron chi connectivity index (χ1n) is 5.58. The number of aromatic nitrogens is 2. The van der Waals surface area contributed by atoms with E-state index in [1.54, 1.807) is 26.8 Å². The van der Waals surface area contributed by atoms with Crippen LogP contribution in [0.5, 0.6) is 0 Å². The number of esters is 1. The van der Waals surface area contributed by atoms with Gasteiger partial charge in [-0.05, 0) is 32.9 Å². The Kier molecular flexibility index (Phi) is 4.33. The van der Waals surface area contributed by atoms with E-state index in [2.05, 4.69) is 10.2 Å². The molecule has 1 heterocycles. The number of rotatable bonds is 2. The third-order valence-electron chi connectivity index (χ3n) is 2.04. The van der Waals surface area contributed by atoms with E-state index in [1.165, 1.54) is 0 Å². The van der Waals surface area contributed by atoms with Crippen molar-refractivity contribution in [2.45, 2.75) is 38.5 Å². The highest BCUT2D eigenvalue weighted by Crippen LogP contribution is 2.27. The molecule has 1 atom stereocenters. The molecule has 0 bridgehead atoms. The van der Waals surface area contributed by atoms with Crippen LogP contribution in [0, 0.1) is 11.3 Å². The van der Waals surface area contributed by atoms with Gasteiger partial charge in [-0.1, -0.05) is 0 Å². The molecule has 0 N–H and O–H groups in total. The molecule has 0 aliphatic carbocycles. The van der Waals surface area contributed by atoms with E-state index >= 15 is 0 Å². The molecule has 8 heteroatoms. The van der Waals surface area contributed by atoms with E-state index in [0.29, 0.717) is 6.07 Å². The summed E-state index contributed by atoms with van der Waals surface area (Å²) >= 11 is 0. The quantitative estimate of drug-likeness (QED) is 0.781. The Morgan fingerprint density at radius 1 is 1.30 bits per heavy atom. The minimum Gasteiger partial charge on any atom is -0.459 e. The lowest BCUT2D eigenvalue weighted by Gasteiger charge is -2.21. The average molecular weight is 287 g/mol. The van der Waals surface area contributed by atoms with Gasteiger partial charge in [0.1, 0.15) is 5.60 Å². The monoisotopic (exact) mass is 287 g/mol. The molecule has 108 valence electrons. The van der Waals surface area contributed by atoms with Crippen LogP contribution in [-0.2, 0) is 15.7 Å². The van der Waals surface area contributed by atoms with Gasteiger partial charge >= 0.3 is 12.1 Å². The zero-order chi connectivity index (χ0) is 15.6. The number of carbonyl (C=O) groups excluding carboxylic acids is 1. The number of hydrogen-bond donors (Lipinski definition) is 0. The van der Waals surface area contributed by atoms with E-state index in [1.807, 2.05) is 0 Å². The third-order valence-corrected chi connectivity index (χ3v) is 2.04. The van der Waals surface area contributed by atoms with Crippen molar-refractivity contribution in [3.8, 4) is 6.07 Å². The molecule has 0 aliphatic heterocycles. The van der Waals surface area contributed by atoms with Crippen LogP contribution in [0.2, 0.25) is 0 Å². The summed E-state index contributed by atoms with van der Waals surface area (Å²) in [6.07, 6.45) is -4.63. The zero-order valence-electron chi connectivity index (χ0n) is 11.0. The van der Waals surface area contributed by atoms with Crippen LogP contribution in [0.4, 0.5) is 13.2 Å². The van der Waals surface area contributed by atoms with Gasteiger partial charge in [-0.2, -0.15) is 23.5 Å². The molecule has 0 saturated carbocycles. The zero-order valence-corrected chi connectivity index (χ0v) is 11.0. The summed E-state index contributed by atoms with van der Waals surface area (Å²) in [5, 5.41) is 15.2. The highest BCUT2D eigenvalue weighted by Gasteiger charge is 2.34. The van der Waals surface area contributed by atoms with Crippen LogP contribution < -0.4 is 0 Å². The van der Waals surface area contributed by atoms with Crippen molar-refractivity contribution in [1.82, 2.24) is 10.2 Å². The van der Waals surface area contributed by atoms with Crippen LogP contribution in [0.3, 0.4) is 0 Å². The van der Waals surface area contributed by atoms with Crippen molar-refractivity contribution in [1.29, 1.82) is 5.26 Å². The fourth-order valence-electron chi connectivity index (χ4n) is 1.25. The smallest absolute Gasteiger partial charge is 0.435 e. The molecule has 1 unspecified atom stereocenters. The lowest BCUT2D eigenvalue weighted by atomic mass is 10.1. The Bertz CT molecular complexity index is 527. The molecule has 0 radical (unpaired) electrons. The standard InChI is InChI=1S/C12H12F3N3O2/c1-11(2,3)20-10(19)7(6-16)8-4-5-9(18-17-8)12(13,14)15/h4-5,7H,1-3H3. The highest BCUT2D eigenvalue weighted by molar-refractivity contribution is 5.80. The van der Waals surface area contributed by atoms with Gasteiger partial charge in [-0.15, -0.1) is 5.10 Å². The Morgan fingerprint density at radius 2 is 1.90 bits per heavy atom. The van der Waals surface area contributed by atoms with Crippen LogP contribution in [0.25, 0.3) is 0 Å². The number of hydrogen-bond acceptors (Lipinski definition) is 5. The Balaban J connectivity index is 2.98. The highest BCUT2D eigenvalue weighted by atomic mass is 19.4. The van der Waals surface area contributed by atoms with Crippen molar-refractivity contribution >= 4 is 5.97 Å². The summed E-state index contributed by atoms with van der Waals surface area (Å²) in [5.41, 5.74) is -2.19. The number of halogens is 3. The largest absolute Gasteiger partial charge is 0.459 e. The van der Waals surface area contributed by atoms with Gasteiger partial charge in [0.15, 0.2) is 11.6 Å². The molecule has 0 amide bonds. The maximum absolute atomic E-state index is 12.3. The molecule has 0 aromatic carbocycles. The van der Waals surface area contributed by atoms with Gasteiger partial charge in [0.25, 0.3) is 0 Å². The number of carbonyl (C=O) groups is 1. The molecule has 1 rings (SSSR count). The molecule has 5 nitrogen and oxygen atoms in total. The SMILES string of the molecule is CC(C)(C)OC(=O)C(C#N)c1ccc(C(F)(F)F)nn1. The number of nitrogens with zero attached hydrogens (tertiary/aromatic N) is 3. The summed E-state index contributed by atoms with van der Waals surface area (Å²) in [5.74, 6) is -2.29. The molecule has 0 aliphatic rings. The normalized spacial score (nSPS) is 13.4. The first-order valence-corrected chi connectivity index (χ1v) is 5.58. The summed E-state index contributed by atoms with van der Waals surface area (Å²) in [4.78, 5) is 11.7. The maximum atomic E-state index is 12.3. The summed E-state index contributed by atoms with van der Waals surface area (Å²) in [6.45, 7) is 4.83. The lowest BCUT2D eigenvalue weighted by molar-refractivity contribution is -0.155. The van der Waals surface area contributed by atoms with Crippen LogP contribution in [-0.4, -0.2) is 21.8 Å². The van der Waals surface area contributed by atoms with Gasteiger partial charge in [0.05, 0.1) is 11.8 Å². The first-order chi connectivity index (χ1) is 9.04. The second kappa shape index (κ2) is 5.45. The van der Waals surface area contributed by atoms with E-state index < -0.39 is 29.4 Å². The molecule has 0 saturated heterocycles. The predicted molar refractivity (Wildman–Crippen MR) is 61.2 cm³/mol. The second-order valence-corrected chi connectivity index (χ2v) is 4.94. The number of alkyl halides is 3. The Hall–Kier alpha value is -2.17. The first kappa shape index (κ1) is 15.9. The van der Waals surface area contributed by atoms with Gasteiger partial charge in [0.2, 0.25) is 0 Å². The van der Waals surface area contributed by atoms with Gasteiger partial charge < -0.3 is 4.74 Å². The van der Waals surface area contributed by atoms with Gasteiger partial charge in [-0.25, -0.2) is 0 Å². The number of ether oxygens (including phenoxy) is 1. The van der Waals surface area contributed by atoms with E-state index in [9.17, 15) is 18.0 Å². The molecule has 0 fully saturated rings. The molecule has 20 heavy (non-hydrogen) atoms. The van der Waals surface area contributed by atoms with Crippen LogP contribution >= 0.6 is 0 Å². The molecule has 0 spiro atoms. The van der Waals surface area contributed by atoms with Crippen molar-refractivity contribution in [3.63, 3.8) is 0 Å². The molecule has 1 aromatic heterocycles. The predicted octanol–water partition coefficient (Wildman–Crippen LogP) is 2.44. The summed E-state index contributed by atoms with van der Waals surface area (Å²) in [7, 11) is 0. The van der Waals surface area contributed by atoms with Gasteiger partial charge in [-0.3, -0.25) is 4.79 Å². The van der Waals surface area contributed by atoms with Crippen molar-refractivity contribution < 1.29 is 22.7 Å². The lowest BCUT2D eigenvalue weighted by Crippen LogP contribution is -2.28. The molecular weight excluding hydrogens is 275 g/mol. The molecular formula is C12H12F3N3O2. The third kappa shape index (κ3) is 4.19. The van der Waals surface area contributed by atoms with Gasteiger partial charge in [0, 0.05) is 0 Å². The van der Waals surface area contributed by atoms with Crippen molar-refractivity contribution in [3.05, 3.63) is 23.5 Å². The van der Waals surface area contributed by atoms with E-state index in [-0.39, 0.29) is 5.69 Å². The van der Waals surface area contributed by atoms with Crippen LogP contribution in [0.15, 0.2) is 12.1 Å². The maximum Gasteiger partial charge on any atom is 0.435 e. The van der Waals surface area contributed by atoms with Crippen molar-refractivity contribution in [2.24, 2.45) is 0 Å². The van der Waals surface area contributed by atoms with Crippen LogP contribution in [0.1, 0.15) is 38.1 Å². The summed E-state index contributed by atoms with van der Waals surface area (Å²) < 4.78 is 42.0. The minimum absolute atomic E-state index is 0.185. The second-order valence-electron chi connectivity index (χ2n) is 4.94. The fourth-order valence-corrected chi connectivity index (χ4v) is 1.25. The topological polar surface area (TPSA) is 75.9 Å². The average Bonchev–Trinajstić information content (AvgIpc) is 2.27. The fraction of sp³-hybridized carbons (Fsp3) is 0.500. The van der Waals surface area contributed by atoms with E-state index in [0.717, 1.165) is 6.07 Å². The minimum atomic E-state index is -4.63.